The topological polar surface area (TPSA) is 114 Å². The second-order valence-corrected chi connectivity index (χ2v) is 11.1. The Labute approximate surface area is 218 Å². The standard InChI is InChI=1S/C25H28N8O3S/c1-30-7-9-31(10-8-30)20-12-18(11-19-21(34)29-24(36)37-19)26-22(28-20)32-13-25(14-32)15-33(16-25)23(35)27-17-5-3-2-4-6-17/h2-6,11-12H,7-10,13-16H2,1H3,(H,27,35)(H,29,34,36)/b19-11+. The van der Waals surface area contributed by atoms with Crippen molar-refractivity contribution < 1.29 is 14.4 Å². The zero-order valence-corrected chi connectivity index (χ0v) is 21.3. The van der Waals surface area contributed by atoms with Crippen LogP contribution in [0.5, 0.6) is 0 Å². The van der Waals surface area contributed by atoms with Crippen molar-refractivity contribution in [1.29, 1.82) is 0 Å². The number of thioether (sulfide) groups is 1. The third kappa shape index (κ3) is 4.86. The van der Waals surface area contributed by atoms with Crippen molar-refractivity contribution in [3.63, 3.8) is 0 Å². The molecule has 2 aromatic rings. The fourth-order valence-corrected chi connectivity index (χ4v) is 5.81. The number of benzene rings is 1. The highest BCUT2D eigenvalue weighted by Gasteiger charge is 2.54. The first-order valence-electron chi connectivity index (χ1n) is 12.3. The highest BCUT2D eigenvalue weighted by molar-refractivity contribution is 8.18. The smallest absolute Gasteiger partial charge is 0.321 e. The van der Waals surface area contributed by atoms with E-state index in [0.717, 1.165) is 62.5 Å². The number of imide groups is 1. The Morgan fingerprint density at radius 1 is 1.03 bits per heavy atom. The van der Waals surface area contributed by atoms with E-state index >= 15 is 0 Å². The monoisotopic (exact) mass is 520 g/mol. The zero-order chi connectivity index (χ0) is 25.6. The van der Waals surface area contributed by atoms with Gasteiger partial charge in [0.2, 0.25) is 5.95 Å². The molecule has 1 aromatic heterocycles. The average molecular weight is 521 g/mol. The minimum absolute atomic E-state index is 0.0491. The Morgan fingerprint density at radius 3 is 2.43 bits per heavy atom. The van der Waals surface area contributed by atoms with Gasteiger partial charge in [-0.3, -0.25) is 14.9 Å². The van der Waals surface area contributed by atoms with Gasteiger partial charge in [-0.1, -0.05) is 18.2 Å². The molecular formula is C25H28N8O3S. The first kappa shape index (κ1) is 23.7. The molecule has 0 radical (unpaired) electrons. The van der Waals surface area contributed by atoms with Crippen molar-refractivity contribution in [3.8, 4) is 0 Å². The SMILES string of the molecule is CN1CCN(c2cc(/C=C3/SC(=O)NC3=O)nc(N3CC4(CN(C(=O)Nc5ccccc5)C4)C3)n2)CC1. The lowest BCUT2D eigenvalue weighted by Crippen LogP contribution is -2.73. The van der Waals surface area contributed by atoms with Crippen LogP contribution in [-0.4, -0.2) is 96.4 Å². The molecule has 5 heterocycles. The van der Waals surface area contributed by atoms with Gasteiger partial charge < -0.3 is 24.9 Å². The van der Waals surface area contributed by atoms with E-state index in [2.05, 4.69) is 32.4 Å². The largest absolute Gasteiger partial charge is 0.354 e. The lowest BCUT2D eigenvalue weighted by atomic mass is 9.73. The molecule has 0 aliphatic carbocycles. The normalized spacial score (nSPS) is 22.2. The van der Waals surface area contributed by atoms with E-state index in [-0.39, 0.29) is 16.7 Å². The molecule has 0 bridgehead atoms. The second kappa shape index (κ2) is 9.34. The third-order valence-corrected chi connectivity index (χ3v) is 7.98. The molecule has 1 aromatic carbocycles. The number of hydrogen-bond donors (Lipinski definition) is 2. The van der Waals surface area contributed by atoms with Gasteiger partial charge in [-0.2, -0.15) is 4.98 Å². The molecule has 6 rings (SSSR count). The van der Waals surface area contributed by atoms with E-state index in [0.29, 0.717) is 29.6 Å². The first-order valence-corrected chi connectivity index (χ1v) is 13.1. The maximum absolute atomic E-state index is 12.6. The number of carbonyl (C=O) groups excluding carboxylic acids is 3. The van der Waals surface area contributed by atoms with Crippen molar-refractivity contribution in [3.05, 3.63) is 47.0 Å². The van der Waals surface area contributed by atoms with Crippen molar-refractivity contribution >= 4 is 52.5 Å². The van der Waals surface area contributed by atoms with Gasteiger partial charge in [-0.05, 0) is 37.0 Å². The lowest BCUT2D eigenvalue weighted by Gasteiger charge is -2.59. The summed E-state index contributed by atoms with van der Waals surface area (Å²) in [5, 5.41) is 4.86. The second-order valence-electron chi connectivity index (χ2n) is 10.1. The Hall–Kier alpha value is -3.64. The number of nitrogens with one attached hydrogen (secondary N) is 2. The van der Waals surface area contributed by atoms with Crippen LogP contribution in [0.2, 0.25) is 0 Å². The minimum Gasteiger partial charge on any atom is -0.354 e. The third-order valence-electron chi connectivity index (χ3n) is 7.17. The summed E-state index contributed by atoms with van der Waals surface area (Å²) in [7, 11) is 2.10. The van der Waals surface area contributed by atoms with Crippen LogP contribution in [0.3, 0.4) is 0 Å². The Balaban J connectivity index is 1.15. The maximum Gasteiger partial charge on any atom is 0.321 e. The molecule has 11 nitrogen and oxygen atoms in total. The molecule has 192 valence electrons. The van der Waals surface area contributed by atoms with Gasteiger partial charge in [0.15, 0.2) is 0 Å². The number of amides is 4. The van der Waals surface area contributed by atoms with Gasteiger partial charge in [0.25, 0.3) is 11.1 Å². The number of likely N-dealkylation sites (N-methyl/N-ethyl adjacent to an activating group) is 1. The van der Waals surface area contributed by atoms with Crippen molar-refractivity contribution in [2.45, 2.75) is 0 Å². The fourth-order valence-electron chi connectivity index (χ4n) is 5.14. The molecule has 1 spiro atoms. The van der Waals surface area contributed by atoms with Crippen molar-refractivity contribution in [2.75, 3.05) is 74.5 Å². The molecule has 4 saturated heterocycles. The number of likely N-dealkylation sites (tertiary alicyclic amines) is 1. The highest BCUT2D eigenvalue weighted by atomic mass is 32.2. The van der Waals surface area contributed by atoms with Crippen molar-refractivity contribution in [1.82, 2.24) is 25.1 Å². The predicted octanol–water partition coefficient (Wildman–Crippen LogP) is 1.91. The summed E-state index contributed by atoms with van der Waals surface area (Å²) < 4.78 is 0. The maximum atomic E-state index is 12.6. The molecule has 0 unspecified atom stereocenters. The molecule has 0 atom stereocenters. The lowest BCUT2D eigenvalue weighted by molar-refractivity contribution is -0.115. The van der Waals surface area contributed by atoms with E-state index in [1.165, 1.54) is 0 Å². The van der Waals surface area contributed by atoms with Gasteiger partial charge in [0.05, 0.1) is 10.6 Å². The summed E-state index contributed by atoms with van der Waals surface area (Å²) in [6.45, 7) is 6.49. The van der Waals surface area contributed by atoms with Gasteiger partial charge in [-0.25, -0.2) is 9.78 Å². The molecule has 4 amide bonds. The summed E-state index contributed by atoms with van der Waals surface area (Å²) in [5.41, 5.74) is 1.44. The Bertz CT molecular complexity index is 1260. The van der Waals surface area contributed by atoms with E-state index in [1.807, 2.05) is 41.3 Å². The fraction of sp³-hybridized carbons (Fsp3) is 0.400. The molecule has 2 N–H and O–H groups in total. The summed E-state index contributed by atoms with van der Waals surface area (Å²) >= 11 is 0.884. The van der Waals surface area contributed by atoms with Crippen LogP contribution in [0.25, 0.3) is 6.08 Å². The van der Waals surface area contributed by atoms with E-state index < -0.39 is 5.91 Å². The van der Waals surface area contributed by atoms with Crippen molar-refractivity contribution in [2.24, 2.45) is 5.41 Å². The quantitative estimate of drug-likeness (QED) is 0.584. The Morgan fingerprint density at radius 2 is 1.76 bits per heavy atom. The number of anilines is 3. The van der Waals surface area contributed by atoms with Crippen LogP contribution < -0.4 is 20.4 Å². The molecule has 4 aliphatic heterocycles. The number of hydrogen-bond acceptors (Lipinski definition) is 9. The van der Waals surface area contributed by atoms with Crippen LogP contribution in [0, 0.1) is 5.41 Å². The first-order chi connectivity index (χ1) is 17.9. The molecule has 4 aliphatic rings. The van der Waals surface area contributed by atoms with Gasteiger partial charge >= 0.3 is 6.03 Å². The van der Waals surface area contributed by atoms with Crippen LogP contribution in [0.15, 0.2) is 41.3 Å². The molecule has 0 saturated carbocycles. The number of urea groups is 1. The van der Waals surface area contributed by atoms with Crippen LogP contribution in [0.1, 0.15) is 5.69 Å². The number of carbonyl (C=O) groups is 3. The molecular weight excluding hydrogens is 492 g/mol. The number of nitrogens with zero attached hydrogens (tertiary/aromatic N) is 6. The molecule has 37 heavy (non-hydrogen) atoms. The number of piperazine rings is 1. The van der Waals surface area contributed by atoms with Crippen LogP contribution in [-0.2, 0) is 4.79 Å². The van der Waals surface area contributed by atoms with Crippen LogP contribution >= 0.6 is 11.8 Å². The number of aromatic nitrogens is 2. The molecule has 12 heteroatoms. The average Bonchev–Trinajstić information content (AvgIpc) is 3.14. The van der Waals surface area contributed by atoms with Gasteiger partial charge in [0.1, 0.15) is 5.82 Å². The number of para-hydroxylation sites is 1. The zero-order valence-electron chi connectivity index (χ0n) is 20.5. The Kier molecular flexibility index (Phi) is 6.00. The van der Waals surface area contributed by atoms with E-state index in [4.69, 9.17) is 9.97 Å². The highest BCUT2D eigenvalue weighted by Crippen LogP contribution is 2.41. The number of rotatable bonds is 4. The summed E-state index contributed by atoms with van der Waals surface area (Å²) in [4.78, 5) is 54.7. The minimum atomic E-state index is -0.400. The van der Waals surface area contributed by atoms with E-state index in [9.17, 15) is 14.4 Å². The van der Waals surface area contributed by atoms with Gasteiger partial charge in [0, 0.05) is 69.5 Å². The summed E-state index contributed by atoms with van der Waals surface area (Å²) in [6, 6.07) is 11.3. The van der Waals surface area contributed by atoms with Crippen LogP contribution in [0.4, 0.5) is 27.0 Å². The molecule has 4 fully saturated rings. The summed E-state index contributed by atoms with van der Waals surface area (Å²) in [6.07, 6.45) is 1.66. The van der Waals surface area contributed by atoms with E-state index in [1.54, 1.807) is 6.08 Å². The summed E-state index contributed by atoms with van der Waals surface area (Å²) in [5.74, 6) is 1.02. The predicted molar refractivity (Wildman–Crippen MR) is 143 cm³/mol. The van der Waals surface area contributed by atoms with Gasteiger partial charge in [-0.15, -0.1) is 0 Å².